The Bertz CT molecular complexity index is 1370. The topological polar surface area (TPSA) is 132 Å². The van der Waals surface area contributed by atoms with Gasteiger partial charge in [-0.15, -0.1) is 0 Å². The van der Waals surface area contributed by atoms with Gasteiger partial charge in [-0.25, -0.2) is 4.79 Å². The van der Waals surface area contributed by atoms with Gasteiger partial charge < -0.3 is 35.5 Å². The summed E-state index contributed by atoms with van der Waals surface area (Å²) in [5, 5.41) is 5.65. The number of anilines is 2. The largest absolute Gasteiger partial charge is 0.497 e. The number of fused-ring (bicyclic) bond motifs is 1. The number of ether oxygens (including phenoxy) is 3. The molecule has 0 bridgehead atoms. The molecule has 3 aromatic carbocycles. The standard InChI is InChI=1S/C31H36N4O6/c1-5-40-26(41-6-2)19-35-25-10-8-7-9-24(25)31(29(35)37,27(28(32)36)21-13-11-20(3)12-14-21)34-30(38)33-22-15-17-23(39-4)18-16-22/h7-18,26-27H,5-6,19H2,1-4H3,(H2,32,36)(H2,33,34,38). The zero-order valence-electron chi connectivity index (χ0n) is 23.7. The van der Waals surface area contributed by atoms with E-state index in [1.165, 1.54) is 4.90 Å². The molecule has 0 saturated carbocycles. The number of amides is 4. The molecule has 3 aromatic rings. The van der Waals surface area contributed by atoms with Gasteiger partial charge in [0.25, 0.3) is 5.91 Å². The van der Waals surface area contributed by atoms with Gasteiger partial charge in [0.1, 0.15) is 5.75 Å². The van der Waals surface area contributed by atoms with Crippen molar-refractivity contribution < 1.29 is 28.6 Å². The van der Waals surface area contributed by atoms with Crippen LogP contribution in [0.5, 0.6) is 5.75 Å². The number of benzene rings is 3. The van der Waals surface area contributed by atoms with Crippen molar-refractivity contribution in [1.29, 1.82) is 0 Å². The molecule has 2 unspecified atom stereocenters. The maximum atomic E-state index is 14.6. The molecule has 216 valence electrons. The Kier molecular flexibility index (Phi) is 9.26. The van der Waals surface area contributed by atoms with Gasteiger partial charge in [-0.1, -0.05) is 48.0 Å². The summed E-state index contributed by atoms with van der Waals surface area (Å²) in [4.78, 5) is 43.0. The third kappa shape index (κ3) is 6.03. The summed E-state index contributed by atoms with van der Waals surface area (Å²) in [6.07, 6.45) is -0.725. The van der Waals surface area contributed by atoms with Crippen LogP contribution in [0.1, 0.15) is 36.5 Å². The lowest BCUT2D eigenvalue weighted by atomic mass is 9.74. The summed E-state index contributed by atoms with van der Waals surface area (Å²) in [5.74, 6) is -1.91. The number of carbonyl (C=O) groups excluding carboxylic acids is 3. The van der Waals surface area contributed by atoms with Crippen LogP contribution in [0.3, 0.4) is 0 Å². The summed E-state index contributed by atoms with van der Waals surface area (Å²) in [6, 6.07) is 20.2. The predicted molar refractivity (Wildman–Crippen MR) is 156 cm³/mol. The molecule has 0 radical (unpaired) electrons. The molecular formula is C31H36N4O6. The average molecular weight is 561 g/mol. The Morgan fingerprint density at radius 2 is 1.59 bits per heavy atom. The number of methoxy groups -OCH3 is 1. The van der Waals surface area contributed by atoms with Gasteiger partial charge in [-0.05, 0) is 56.7 Å². The number of nitrogens with zero attached hydrogens (tertiary/aromatic N) is 1. The number of para-hydroxylation sites is 1. The van der Waals surface area contributed by atoms with E-state index in [1.807, 2.05) is 32.9 Å². The number of primary amides is 1. The third-order valence-corrected chi connectivity index (χ3v) is 7.03. The maximum Gasteiger partial charge on any atom is 0.320 e. The fraction of sp³-hybridized carbons (Fsp3) is 0.323. The number of hydrogen-bond acceptors (Lipinski definition) is 6. The van der Waals surface area contributed by atoms with E-state index in [-0.39, 0.29) is 6.54 Å². The molecule has 4 rings (SSSR count). The van der Waals surface area contributed by atoms with Crippen molar-refractivity contribution in [2.24, 2.45) is 5.73 Å². The van der Waals surface area contributed by atoms with E-state index in [9.17, 15) is 14.4 Å². The highest BCUT2D eigenvalue weighted by atomic mass is 16.7. The molecule has 1 aliphatic rings. The normalized spacial score (nSPS) is 16.8. The fourth-order valence-corrected chi connectivity index (χ4v) is 5.21. The Morgan fingerprint density at radius 1 is 0.951 bits per heavy atom. The first-order chi connectivity index (χ1) is 19.7. The molecule has 41 heavy (non-hydrogen) atoms. The van der Waals surface area contributed by atoms with Crippen molar-refractivity contribution in [1.82, 2.24) is 5.32 Å². The average Bonchev–Trinajstić information content (AvgIpc) is 3.18. The van der Waals surface area contributed by atoms with E-state index < -0.39 is 35.6 Å². The second-order valence-corrected chi connectivity index (χ2v) is 9.63. The SMILES string of the molecule is CCOC(CN1C(=O)C(NC(=O)Nc2ccc(OC)cc2)(C(C(N)=O)c2ccc(C)cc2)c2ccccc21)OCC. The van der Waals surface area contributed by atoms with Crippen LogP contribution >= 0.6 is 0 Å². The minimum Gasteiger partial charge on any atom is -0.497 e. The Hall–Kier alpha value is -4.41. The zero-order chi connectivity index (χ0) is 29.6. The van der Waals surface area contributed by atoms with Gasteiger partial charge >= 0.3 is 6.03 Å². The van der Waals surface area contributed by atoms with Gasteiger partial charge in [0.05, 0.1) is 25.3 Å². The molecule has 0 spiro atoms. The first-order valence-corrected chi connectivity index (χ1v) is 13.5. The second-order valence-electron chi connectivity index (χ2n) is 9.63. The van der Waals surface area contributed by atoms with Crippen molar-refractivity contribution in [3.8, 4) is 5.75 Å². The maximum absolute atomic E-state index is 14.6. The van der Waals surface area contributed by atoms with Crippen LogP contribution in [0.25, 0.3) is 0 Å². The van der Waals surface area contributed by atoms with Gasteiger partial charge in [0, 0.05) is 24.5 Å². The van der Waals surface area contributed by atoms with Crippen LogP contribution < -0.4 is 26.0 Å². The van der Waals surface area contributed by atoms with E-state index in [4.69, 9.17) is 19.9 Å². The minimum absolute atomic E-state index is 0.0421. The number of rotatable bonds is 12. The number of aryl methyl sites for hydroxylation is 1. The number of urea groups is 1. The highest BCUT2D eigenvalue weighted by molar-refractivity contribution is 6.13. The number of nitrogens with one attached hydrogen (secondary N) is 2. The van der Waals surface area contributed by atoms with E-state index in [0.717, 1.165) is 5.56 Å². The number of carbonyl (C=O) groups is 3. The van der Waals surface area contributed by atoms with E-state index in [0.29, 0.717) is 41.5 Å². The molecule has 0 aliphatic carbocycles. The number of nitrogens with two attached hydrogens (primary N) is 1. The fourth-order valence-electron chi connectivity index (χ4n) is 5.21. The summed E-state index contributed by atoms with van der Waals surface area (Å²) in [7, 11) is 1.55. The number of hydrogen-bond donors (Lipinski definition) is 3. The lowest BCUT2D eigenvalue weighted by molar-refractivity contribution is -0.139. The molecule has 4 N–H and O–H groups in total. The molecule has 0 fully saturated rings. The molecule has 1 aliphatic heterocycles. The highest BCUT2D eigenvalue weighted by Gasteiger charge is 2.59. The van der Waals surface area contributed by atoms with Crippen LogP contribution in [-0.4, -0.2) is 51.0 Å². The van der Waals surface area contributed by atoms with Crippen molar-refractivity contribution in [2.75, 3.05) is 37.1 Å². The third-order valence-electron chi connectivity index (χ3n) is 7.03. The van der Waals surface area contributed by atoms with E-state index in [1.54, 1.807) is 67.8 Å². The quantitative estimate of drug-likeness (QED) is 0.287. The van der Waals surface area contributed by atoms with Gasteiger partial charge in [-0.3, -0.25) is 9.59 Å². The van der Waals surface area contributed by atoms with Crippen LogP contribution in [0.4, 0.5) is 16.2 Å². The van der Waals surface area contributed by atoms with Gasteiger partial charge in [-0.2, -0.15) is 0 Å². The summed E-state index contributed by atoms with van der Waals surface area (Å²) in [5.41, 5.74) is 7.06. The first-order valence-electron chi connectivity index (χ1n) is 13.5. The second kappa shape index (κ2) is 12.8. The van der Waals surface area contributed by atoms with Crippen LogP contribution in [-0.2, 0) is 24.6 Å². The van der Waals surface area contributed by atoms with E-state index >= 15 is 0 Å². The molecule has 0 saturated heterocycles. The molecule has 0 aromatic heterocycles. The Morgan fingerprint density at radius 3 is 2.17 bits per heavy atom. The van der Waals surface area contributed by atoms with Crippen molar-refractivity contribution in [3.05, 3.63) is 89.5 Å². The zero-order valence-corrected chi connectivity index (χ0v) is 23.7. The molecule has 4 amide bonds. The van der Waals surface area contributed by atoms with Crippen molar-refractivity contribution >= 4 is 29.2 Å². The molecule has 1 heterocycles. The molecular weight excluding hydrogens is 524 g/mol. The van der Waals surface area contributed by atoms with E-state index in [2.05, 4.69) is 10.6 Å². The lowest BCUT2D eigenvalue weighted by Crippen LogP contribution is -2.60. The lowest BCUT2D eigenvalue weighted by Gasteiger charge is -2.36. The summed E-state index contributed by atoms with van der Waals surface area (Å²) in [6.45, 7) is 6.37. The van der Waals surface area contributed by atoms with Crippen LogP contribution in [0.15, 0.2) is 72.8 Å². The molecule has 2 atom stereocenters. The summed E-state index contributed by atoms with van der Waals surface area (Å²) < 4.78 is 16.7. The van der Waals surface area contributed by atoms with Crippen molar-refractivity contribution in [2.45, 2.75) is 38.5 Å². The summed E-state index contributed by atoms with van der Waals surface area (Å²) >= 11 is 0. The monoisotopic (exact) mass is 560 g/mol. The first kappa shape index (κ1) is 29.6. The molecule has 10 heteroatoms. The molecule has 10 nitrogen and oxygen atoms in total. The Balaban J connectivity index is 1.84. The smallest absolute Gasteiger partial charge is 0.320 e. The van der Waals surface area contributed by atoms with Crippen LogP contribution in [0, 0.1) is 6.92 Å². The highest BCUT2D eigenvalue weighted by Crippen LogP contribution is 2.48. The Labute approximate surface area is 239 Å². The minimum atomic E-state index is -1.86. The van der Waals surface area contributed by atoms with Gasteiger partial charge in [0.2, 0.25) is 5.91 Å². The predicted octanol–water partition coefficient (Wildman–Crippen LogP) is 4.04. The van der Waals surface area contributed by atoms with Gasteiger partial charge in [0.15, 0.2) is 11.8 Å². The van der Waals surface area contributed by atoms with Crippen molar-refractivity contribution in [3.63, 3.8) is 0 Å². The van der Waals surface area contributed by atoms with Crippen LogP contribution in [0.2, 0.25) is 0 Å².